The van der Waals surface area contributed by atoms with Crippen LogP contribution in [0.5, 0.6) is 11.5 Å². The molecule has 5 heteroatoms. The van der Waals surface area contributed by atoms with E-state index in [2.05, 4.69) is 40.1 Å². The van der Waals surface area contributed by atoms with Gasteiger partial charge in [-0.1, -0.05) is 30.3 Å². The zero-order valence-corrected chi connectivity index (χ0v) is 16.0. The molecule has 1 aliphatic heterocycles. The molecular weight excluding hydrogens is 343 g/mol. The molecule has 27 heavy (non-hydrogen) atoms. The second kappa shape index (κ2) is 9.72. The van der Waals surface area contributed by atoms with Gasteiger partial charge < -0.3 is 19.6 Å². The van der Waals surface area contributed by atoms with E-state index in [0.29, 0.717) is 12.0 Å². The molecule has 0 unspecified atom stereocenters. The molecule has 1 N–H and O–H groups in total. The number of hydrogen-bond acceptors (Lipinski definition) is 4. The van der Waals surface area contributed by atoms with Crippen molar-refractivity contribution in [3.8, 4) is 11.5 Å². The first kappa shape index (κ1) is 19.6. The molecule has 1 heterocycles. The maximum atomic E-state index is 14.1. The fourth-order valence-corrected chi connectivity index (χ4v) is 3.61. The number of piperazine rings is 1. The summed E-state index contributed by atoms with van der Waals surface area (Å²) in [5.41, 5.74) is 1.94. The van der Waals surface area contributed by atoms with Crippen molar-refractivity contribution in [2.45, 2.75) is 19.3 Å². The summed E-state index contributed by atoms with van der Waals surface area (Å²) in [5, 5.41) is 9.84. The first-order chi connectivity index (χ1) is 13.2. The Bertz CT molecular complexity index is 716. The lowest BCUT2D eigenvalue weighted by atomic mass is 10.1. The predicted octanol–water partition coefficient (Wildman–Crippen LogP) is 3.33. The van der Waals surface area contributed by atoms with Crippen LogP contribution >= 0.6 is 0 Å². The van der Waals surface area contributed by atoms with Crippen molar-refractivity contribution < 1.29 is 14.2 Å². The van der Waals surface area contributed by atoms with Gasteiger partial charge >= 0.3 is 0 Å². The van der Waals surface area contributed by atoms with Gasteiger partial charge in [0.25, 0.3) is 0 Å². The smallest absolute Gasteiger partial charge is 0.163 e. The van der Waals surface area contributed by atoms with Crippen molar-refractivity contribution in [3.63, 3.8) is 0 Å². The van der Waals surface area contributed by atoms with Gasteiger partial charge in [0, 0.05) is 38.8 Å². The average Bonchev–Trinajstić information content (AvgIpc) is 2.70. The Morgan fingerprint density at radius 3 is 2.30 bits per heavy atom. The zero-order valence-electron chi connectivity index (χ0n) is 16.0. The molecule has 146 valence electrons. The van der Waals surface area contributed by atoms with Crippen LogP contribution < -0.4 is 4.74 Å². The number of nitrogens with zero attached hydrogens (tertiary/aromatic N) is 2. The predicted molar refractivity (Wildman–Crippen MR) is 106 cm³/mol. The van der Waals surface area contributed by atoms with Gasteiger partial charge in [-0.3, -0.25) is 0 Å². The van der Waals surface area contributed by atoms with Crippen molar-refractivity contribution in [1.82, 2.24) is 9.80 Å². The number of rotatable bonds is 8. The fraction of sp³-hybridized carbons (Fsp3) is 0.455. The van der Waals surface area contributed by atoms with E-state index in [4.69, 9.17) is 4.74 Å². The van der Waals surface area contributed by atoms with Crippen molar-refractivity contribution >= 4 is 0 Å². The lowest BCUT2D eigenvalue weighted by Crippen LogP contribution is -2.47. The molecule has 0 atom stereocenters. The van der Waals surface area contributed by atoms with Gasteiger partial charge in [0.15, 0.2) is 11.5 Å². The number of ether oxygens (including phenoxy) is 1. The minimum atomic E-state index is -0.316. The molecule has 0 aliphatic carbocycles. The summed E-state index contributed by atoms with van der Waals surface area (Å²) in [6.07, 6.45) is 2.90. The number of phenolic OH excluding ortho intramolecular Hbond substituents is 1. The van der Waals surface area contributed by atoms with E-state index < -0.39 is 0 Å². The maximum absolute atomic E-state index is 14.1. The number of aromatic hydroxyl groups is 1. The van der Waals surface area contributed by atoms with Gasteiger partial charge in [-0.25, -0.2) is 4.39 Å². The number of hydrogen-bond donors (Lipinski definition) is 1. The van der Waals surface area contributed by atoms with E-state index in [-0.39, 0.29) is 17.3 Å². The van der Waals surface area contributed by atoms with E-state index >= 15 is 0 Å². The van der Waals surface area contributed by atoms with Crippen LogP contribution in [0.3, 0.4) is 0 Å². The Morgan fingerprint density at radius 2 is 1.63 bits per heavy atom. The van der Waals surface area contributed by atoms with Crippen LogP contribution in [0.15, 0.2) is 42.5 Å². The lowest BCUT2D eigenvalue weighted by molar-refractivity contribution is 0.132. The van der Waals surface area contributed by atoms with E-state index in [1.54, 1.807) is 0 Å². The summed E-state index contributed by atoms with van der Waals surface area (Å²) < 4.78 is 19.0. The second-order valence-corrected chi connectivity index (χ2v) is 7.14. The minimum absolute atomic E-state index is 0.00265. The van der Waals surface area contributed by atoms with E-state index in [1.807, 2.05) is 0 Å². The number of aryl methyl sites for hydroxylation is 1. The average molecular weight is 372 g/mol. The first-order valence-corrected chi connectivity index (χ1v) is 9.69. The van der Waals surface area contributed by atoms with E-state index in [9.17, 15) is 9.50 Å². The van der Waals surface area contributed by atoms with E-state index in [1.165, 1.54) is 31.2 Å². The monoisotopic (exact) mass is 372 g/mol. The van der Waals surface area contributed by atoms with Crippen LogP contribution in [-0.4, -0.2) is 61.3 Å². The summed E-state index contributed by atoms with van der Waals surface area (Å²) in [6.45, 7) is 6.07. The van der Waals surface area contributed by atoms with Gasteiger partial charge in [0.05, 0.1) is 7.11 Å². The van der Waals surface area contributed by atoms with Crippen molar-refractivity contribution in [2.24, 2.45) is 0 Å². The number of halogens is 1. The topological polar surface area (TPSA) is 35.9 Å². The quantitative estimate of drug-likeness (QED) is 0.771. The highest BCUT2D eigenvalue weighted by atomic mass is 19.1. The molecular formula is C22H29FN2O2. The Balaban J connectivity index is 1.38. The van der Waals surface area contributed by atoms with Crippen LogP contribution in [-0.2, 0) is 12.8 Å². The standard InChI is InChI=1S/C22H29FN2O2/c1-27-22-17-20(23)19(16-21(22)26)9-11-25-14-12-24(13-15-25)10-5-8-18-6-3-2-4-7-18/h2-4,6-7,16-17,26H,5,8-15H2,1H3. The van der Waals surface area contributed by atoms with Crippen LogP contribution in [0, 0.1) is 5.82 Å². The molecule has 4 nitrogen and oxygen atoms in total. The zero-order chi connectivity index (χ0) is 19.1. The largest absolute Gasteiger partial charge is 0.504 e. The molecule has 3 rings (SSSR count). The molecule has 0 amide bonds. The van der Waals surface area contributed by atoms with Gasteiger partial charge in [0.2, 0.25) is 0 Å². The van der Waals surface area contributed by atoms with Gasteiger partial charge in [-0.05, 0) is 43.0 Å². The van der Waals surface area contributed by atoms with E-state index in [0.717, 1.165) is 45.7 Å². The maximum Gasteiger partial charge on any atom is 0.163 e. The third-order valence-electron chi connectivity index (χ3n) is 5.29. The summed E-state index contributed by atoms with van der Waals surface area (Å²) in [6, 6.07) is 13.4. The Hall–Kier alpha value is -2.11. The van der Waals surface area contributed by atoms with Crippen molar-refractivity contribution in [1.29, 1.82) is 0 Å². The number of methoxy groups -OCH3 is 1. The summed E-state index contributed by atoms with van der Waals surface area (Å²) in [4.78, 5) is 4.88. The second-order valence-electron chi connectivity index (χ2n) is 7.14. The highest BCUT2D eigenvalue weighted by Crippen LogP contribution is 2.29. The van der Waals surface area contributed by atoms with Gasteiger partial charge in [-0.2, -0.15) is 0 Å². The number of benzene rings is 2. The molecule has 0 bridgehead atoms. The number of phenols is 1. The molecule has 0 radical (unpaired) electrons. The molecule has 0 spiro atoms. The fourth-order valence-electron chi connectivity index (χ4n) is 3.61. The third kappa shape index (κ3) is 5.68. The Labute approximate surface area is 161 Å². The minimum Gasteiger partial charge on any atom is -0.504 e. The molecule has 1 fully saturated rings. The van der Waals surface area contributed by atoms with Crippen molar-refractivity contribution in [2.75, 3.05) is 46.4 Å². The normalized spacial score (nSPS) is 15.8. The lowest BCUT2D eigenvalue weighted by Gasteiger charge is -2.34. The highest BCUT2D eigenvalue weighted by molar-refractivity contribution is 5.42. The Kier molecular flexibility index (Phi) is 7.07. The first-order valence-electron chi connectivity index (χ1n) is 9.69. The molecule has 2 aromatic carbocycles. The molecule has 2 aromatic rings. The highest BCUT2D eigenvalue weighted by Gasteiger charge is 2.17. The molecule has 1 saturated heterocycles. The summed E-state index contributed by atoms with van der Waals surface area (Å²) in [5.74, 6) is -0.137. The molecule has 1 aliphatic rings. The van der Waals surface area contributed by atoms with Gasteiger partial charge in [-0.15, -0.1) is 0 Å². The summed E-state index contributed by atoms with van der Waals surface area (Å²) >= 11 is 0. The Morgan fingerprint density at radius 1 is 0.963 bits per heavy atom. The van der Waals surface area contributed by atoms with Crippen LogP contribution in [0.2, 0.25) is 0 Å². The SMILES string of the molecule is COc1cc(F)c(CCN2CCN(CCCc3ccccc3)CC2)cc1O. The van der Waals surface area contributed by atoms with Crippen molar-refractivity contribution in [3.05, 3.63) is 59.4 Å². The summed E-state index contributed by atoms with van der Waals surface area (Å²) in [7, 11) is 1.42. The third-order valence-corrected chi connectivity index (χ3v) is 5.29. The van der Waals surface area contributed by atoms with Gasteiger partial charge in [0.1, 0.15) is 5.82 Å². The van der Waals surface area contributed by atoms with Crippen LogP contribution in [0.4, 0.5) is 4.39 Å². The van der Waals surface area contributed by atoms with Crippen LogP contribution in [0.1, 0.15) is 17.5 Å². The molecule has 0 saturated carbocycles. The molecule has 0 aromatic heterocycles. The van der Waals surface area contributed by atoms with Crippen LogP contribution in [0.25, 0.3) is 0 Å².